The van der Waals surface area contributed by atoms with Crippen molar-refractivity contribution in [1.29, 1.82) is 0 Å². The number of rotatable bonds is 1. The van der Waals surface area contributed by atoms with Crippen molar-refractivity contribution in [2.75, 3.05) is 6.54 Å². The fourth-order valence-electron chi connectivity index (χ4n) is 1.75. The van der Waals surface area contributed by atoms with E-state index in [1.165, 1.54) is 0 Å². The van der Waals surface area contributed by atoms with Crippen LogP contribution in [0.15, 0.2) is 22.7 Å². The number of hydrogen-bond acceptors (Lipinski definition) is 2. The van der Waals surface area contributed by atoms with E-state index in [-0.39, 0.29) is 12.4 Å². The summed E-state index contributed by atoms with van der Waals surface area (Å²) in [6, 6.07) is 5.75. The predicted molar refractivity (Wildman–Crippen MR) is 63.5 cm³/mol. The minimum Gasteiger partial charge on any atom is -0.481 e. The highest BCUT2D eigenvalue weighted by Crippen LogP contribution is 2.26. The first-order valence-electron chi connectivity index (χ1n) is 4.40. The van der Waals surface area contributed by atoms with Crippen molar-refractivity contribution in [2.45, 2.75) is 12.5 Å². The lowest BCUT2D eigenvalue weighted by atomic mass is 9.91. The van der Waals surface area contributed by atoms with E-state index in [1.54, 1.807) is 0 Å². The molecule has 1 aromatic rings. The van der Waals surface area contributed by atoms with E-state index >= 15 is 0 Å². The molecule has 1 aliphatic rings. The second kappa shape index (κ2) is 4.96. The van der Waals surface area contributed by atoms with Gasteiger partial charge in [-0.25, -0.2) is 0 Å². The van der Waals surface area contributed by atoms with Crippen LogP contribution in [-0.4, -0.2) is 17.6 Å². The smallest absolute Gasteiger partial charge is 0.312 e. The molecule has 0 radical (unpaired) electrons. The molecule has 15 heavy (non-hydrogen) atoms. The van der Waals surface area contributed by atoms with Crippen LogP contribution in [0.3, 0.4) is 0 Å². The minimum absolute atomic E-state index is 0. The topological polar surface area (TPSA) is 49.3 Å². The van der Waals surface area contributed by atoms with Gasteiger partial charge in [-0.3, -0.25) is 4.79 Å². The van der Waals surface area contributed by atoms with Gasteiger partial charge in [0.2, 0.25) is 0 Å². The lowest BCUT2D eigenvalue weighted by Gasteiger charge is -2.23. The highest BCUT2D eigenvalue weighted by Gasteiger charge is 2.25. The van der Waals surface area contributed by atoms with E-state index < -0.39 is 11.9 Å². The summed E-state index contributed by atoms with van der Waals surface area (Å²) in [5, 5.41) is 12.1. The Morgan fingerprint density at radius 3 is 2.93 bits per heavy atom. The summed E-state index contributed by atoms with van der Waals surface area (Å²) in [6.45, 7) is 1.27. The van der Waals surface area contributed by atoms with Gasteiger partial charge in [-0.2, -0.15) is 0 Å². The van der Waals surface area contributed by atoms with E-state index in [4.69, 9.17) is 5.11 Å². The molecule has 0 spiro atoms. The molecule has 1 aliphatic heterocycles. The maximum atomic E-state index is 11.0. The first-order valence-corrected chi connectivity index (χ1v) is 5.19. The minimum atomic E-state index is -0.763. The normalized spacial score (nSPS) is 18.9. The van der Waals surface area contributed by atoms with Crippen LogP contribution >= 0.6 is 28.3 Å². The first kappa shape index (κ1) is 12.5. The average molecular weight is 293 g/mol. The predicted octanol–water partition coefficient (Wildman–Crippen LogP) is 2.14. The van der Waals surface area contributed by atoms with Gasteiger partial charge in [-0.05, 0) is 23.3 Å². The molecule has 1 aromatic carbocycles. The molecular formula is C10H11BrClNO2. The number of aliphatic carboxylic acids is 1. The Hall–Kier alpha value is -0.580. The maximum absolute atomic E-state index is 11.0. The summed E-state index contributed by atoms with van der Waals surface area (Å²) >= 11 is 3.37. The number of benzene rings is 1. The molecule has 82 valence electrons. The van der Waals surface area contributed by atoms with Crippen molar-refractivity contribution < 1.29 is 9.90 Å². The molecule has 0 saturated carbocycles. The van der Waals surface area contributed by atoms with Crippen LogP contribution in [0.5, 0.6) is 0 Å². The van der Waals surface area contributed by atoms with Crippen LogP contribution in [0.2, 0.25) is 0 Å². The first-order chi connectivity index (χ1) is 6.68. The van der Waals surface area contributed by atoms with Crippen LogP contribution in [0.25, 0.3) is 0 Å². The Morgan fingerprint density at radius 1 is 1.53 bits per heavy atom. The monoisotopic (exact) mass is 291 g/mol. The number of nitrogens with one attached hydrogen (secondary N) is 1. The van der Waals surface area contributed by atoms with Crippen LogP contribution in [0, 0.1) is 0 Å². The van der Waals surface area contributed by atoms with Crippen molar-refractivity contribution in [3.63, 3.8) is 0 Å². The highest BCUT2D eigenvalue weighted by molar-refractivity contribution is 9.10. The fourth-order valence-corrected chi connectivity index (χ4v) is 2.16. The number of carboxylic acids is 1. The van der Waals surface area contributed by atoms with Gasteiger partial charge >= 0.3 is 5.97 Å². The Bertz CT molecular complexity index is 384. The number of hydrogen-bond donors (Lipinski definition) is 2. The Morgan fingerprint density at radius 2 is 2.27 bits per heavy atom. The lowest BCUT2D eigenvalue weighted by Crippen LogP contribution is -2.32. The Kier molecular flexibility index (Phi) is 4.13. The third kappa shape index (κ3) is 2.51. The van der Waals surface area contributed by atoms with Crippen LogP contribution < -0.4 is 5.32 Å². The molecule has 1 unspecified atom stereocenters. The Labute approximate surface area is 102 Å². The van der Waals surface area contributed by atoms with Gasteiger partial charge in [0.25, 0.3) is 0 Å². The molecule has 2 N–H and O–H groups in total. The van der Waals surface area contributed by atoms with Gasteiger partial charge in [0.15, 0.2) is 0 Å². The molecular weight excluding hydrogens is 281 g/mol. The van der Waals surface area contributed by atoms with Gasteiger partial charge in [0.05, 0.1) is 5.92 Å². The van der Waals surface area contributed by atoms with Crippen molar-refractivity contribution >= 4 is 34.3 Å². The average Bonchev–Trinajstić information content (AvgIpc) is 2.16. The summed E-state index contributed by atoms with van der Waals surface area (Å²) in [5.41, 5.74) is 2.00. The van der Waals surface area contributed by atoms with E-state index in [0.29, 0.717) is 6.54 Å². The molecule has 1 heterocycles. The molecule has 2 rings (SSSR count). The number of halogens is 2. The molecule has 0 saturated heterocycles. The van der Waals surface area contributed by atoms with Crippen molar-refractivity contribution in [2.24, 2.45) is 0 Å². The lowest BCUT2D eigenvalue weighted by molar-refractivity contribution is -0.138. The summed E-state index contributed by atoms with van der Waals surface area (Å²) in [6.07, 6.45) is 0. The zero-order valence-corrected chi connectivity index (χ0v) is 10.3. The maximum Gasteiger partial charge on any atom is 0.312 e. The second-order valence-electron chi connectivity index (χ2n) is 3.36. The largest absolute Gasteiger partial charge is 0.481 e. The van der Waals surface area contributed by atoms with E-state index in [1.807, 2.05) is 18.2 Å². The summed E-state index contributed by atoms with van der Waals surface area (Å²) < 4.78 is 0.990. The zero-order valence-electron chi connectivity index (χ0n) is 7.87. The summed E-state index contributed by atoms with van der Waals surface area (Å²) in [4.78, 5) is 11.0. The fraction of sp³-hybridized carbons (Fsp3) is 0.300. The van der Waals surface area contributed by atoms with Crippen LogP contribution in [-0.2, 0) is 11.3 Å². The van der Waals surface area contributed by atoms with Crippen molar-refractivity contribution in [3.05, 3.63) is 33.8 Å². The van der Waals surface area contributed by atoms with Crippen LogP contribution in [0.4, 0.5) is 0 Å². The summed E-state index contributed by atoms with van der Waals surface area (Å²) in [5.74, 6) is -1.17. The van der Waals surface area contributed by atoms with Crippen LogP contribution in [0.1, 0.15) is 17.0 Å². The van der Waals surface area contributed by atoms with Crippen molar-refractivity contribution in [1.82, 2.24) is 5.32 Å². The molecule has 0 aliphatic carbocycles. The SMILES string of the molecule is Cl.O=C(O)C1CNCc2cc(Br)ccc21. The number of carbonyl (C=O) groups is 1. The molecule has 3 nitrogen and oxygen atoms in total. The van der Waals surface area contributed by atoms with Gasteiger partial charge in [-0.1, -0.05) is 22.0 Å². The number of fused-ring (bicyclic) bond motifs is 1. The molecule has 1 atom stereocenters. The molecule has 5 heteroatoms. The van der Waals surface area contributed by atoms with Gasteiger partial charge in [-0.15, -0.1) is 12.4 Å². The molecule has 0 fully saturated rings. The third-order valence-electron chi connectivity index (χ3n) is 2.44. The molecule has 0 amide bonds. The third-order valence-corrected chi connectivity index (χ3v) is 2.94. The summed E-state index contributed by atoms with van der Waals surface area (Å²) in [7, 11) is 0. The van der Waals surface area contributed by atoms with Gasteiger partial charge < -0.3 is 10.4 Å². The highest BCUT2D eigenvalue weighted by atomic mass is 79.9. The second-order valence-corrected chi connectivity index (χ2v) is 4.28. The number of carboxylic acid groups (broad SMARTS) is 1. The molecule has 0 bridgehead atoms. The van der Waals surface area contributed by atoms with E-state index in [9.17, 15) is 4.79 Å². The van der Waals surface area contributed by atoms with Gasteiger partial charge in [0.1, 0.15) is 0 Å². The van der Waals surface area contributed by atoms with Gasteiger partial charge in [0, 0.05) is 17.6 Å². The zero-order chi connectivity index (χ0) is 10.1. The van der Waals surface area contributed by atoms with Crippen molar-refractivity contribution in [3.8, 4) is 0 Å². The standard InChI is InChI=1S/C10H10BrNO2.ClH/c11-7-1-2-8-6(3-7)4-12-5-9(8)10(13)14;/h1-3,9,12H,4-5H2,(H,13,14);1H. The quantitative estimate of drug-likeness (QED) is 0.834. The Balaban J connectivity index is 0.00000112. The van der Waals surface area contributed by atoms with E-state index in [2.05, 4.69) is 21.2 Å². The molecule has 0 aromatic heterocycles. The van der Waals surface area contributed by atoms with E-state index in [0.717, 1.165) is 22.1 Å².